The molecule has 0 aromatic rings. The van der Waals surface area contributed by atoms with Crippen molar-refractivity contribution in [3.63, 3.8) is 0 Å². The number of carbonyl (C=O) groups excluding carboxylic acids is 1. The molecule has 0 bridgehead atoms. The van der Waals surface area contributed by atoms with E-state index in [1.807, 2.05) is 0 Å². The van der Waals surface area contributed by atoms with Crippen LogP contribution >= 0.6 is 0 Å². The highest BCUT2D eigenvalue weighted by atomic mass is 16.1. The second kappa shape index (κ2) is 5.17. The van der Waals surface area contributed by atoms with Gasteiger partial charge in [0.25, 0.3) is 0 Å². The Morgan fingerprint density at radius 1 is 1.16 bits per heavy atom. The van der Waals surface area contributed by atoms with E-state index in [2.05, 4.69) is 44.4 Å². The zero-order valence-electron chi connectivity index (χ0n) is 13.3. The molecule has 110 valence electrons. The van der Waals surface area contributed by atoms with Gasteiger partial charge in [0, 0.05) is 49.6 Å². The minimum atomic E-state index is -0.0715. The highest BCUT2D eigenvalue weighted by Crippen LogP contribution is 2.37. The molecule has 0 radical (unpaired) electrons. The van der Waals surface area contributed by atoms with Crippen molar-refractivity contribution < 1.29 is 4.79 Å². The number of hydrogen-bond donors (Lipinski definition) is 0. The van der Waals surface area contributed by atoms with Crippen LogP contribution in [0.5, 0.6) is 0 Å². The van der Waals surface area contributed by atoms with Crippen LogP contribution < -0.4 is 0 Å². The summed E-state index contributed by atoms with van der Waals surface area (Å²) in [7, 11) is 0. The molecule has 1 heterocycles. The highest BCUT2D eigenvalue weighted by Gasteiger charge is 2.41. The first-order valence-electron chi connectivity index (χ1n) is 7.72. The van der Waals surface area contributed by atoms with Crippen molar-refractivity contribution in [2.24, 2.45) is 11.3 Å². The molecule has 1 unspecified atom stereocenters. The molecule has 2 fully saturated rings. The van der Waals surface area contributed by atoms with Crippen LogP contribution in [0.15, 0.2) is 0 Å². The Kier molecular flexibility index (Phi) is 4.08. The Hall–Kier alpha value is -0.410. The van der Waals surface area contributed by atoms with Crippen molar-refractivity contribution in [2.45, 2.75) is 53.0 Å². The van der Waals surface area contributed by atoms with Crippen molar-refractivity contribution in [1.82, 2.24) is 9.80 Å². The third-order valence-electron chi connectivity index (χ3n) is 4.96. The zero-order chi connectivity index (χ0) is 14.3. The van der Waals surface area contributed by atoms with E-state index in [-0.39, 0.29) is 16.9 Å². The van der Waals surface area contributed by atoms with Crippen molar-refractivity contribution in [1.29, 1.82) is 0 Å². The fraction of sp³-hybridized carbons (Fsp3) is 0.938. The Balaban J connectivity index is 1.82. The molecule has 3 nitrogen and oxygen atoms in total. The Labute approximate surface area is 118 Å². The molecule has 0 aromatic carbocycles. The molecule has 1 aliphatic heterocycles. The van der Waals surface area contributed by atoms with Gasteiger partial charge in [-0.25, -0.2) is 0 Å². The lowest BCUT2D eigenvalue weighted by Crippen LogP contribution is -2.54. The van der Waals surface area contributed by atoms with E-state index in [1.165, 1.54) is 0 Å². The van der Waals surface area contributed by atoms with Crippen LogP contribution in [0.3, 0.4) is 0 Å². The van der Waals surface area contributed by atoms with Gasteiger partial charge >= 0.3 is 0 Å². The number of rotatable bonds is 2. The normalized spacial score (nSPS) is 29.9. The van der Waals surface area contributed by atoms with E-state index in [1.54, 1.807) is 0 Å². The second-order valence-electron chi connectivity index (χ2n) is 7.94. The van der Waals surface area contributed by atoms with Gasteiger partial charge in [-0.1, -0.05) is 13.8 Å². The molecule has 2 aliphatic rings. The predicted octanol–water partition coefficient (Wildman–Crippen LogP) is 2.41. The van der Waals surface area contributed by atoms with Crippen LogP contribution in [-0.2, 0) is 4.79 Å². The van der Waals surface area contributed by atoms with Gasteiger partial charge in [0.1, 0.15) is 5.78 Å². The van der Waals surface area contributed by atoms with E-state index >= 15 is 0 Å². The first kappa shape index (κ1) is 15.0. The SMILES string of the molecule is CC1(C)CCC(CN2CCN(C(C)(C)C)CC2)C1=O. The molecular weight excluding hydrogens is 236 g/mol. The van der Waals surface area contributed by atoms with Gasteiger partial charge in [-0.05, 0) is 33.6 Å². The smallest absolute Gasteiger partial charge is 0.142 e. The van der Waals surface area contributed by atoms with Gasteiger partial charge in [0.2, 0.25) is 0 Å². The quantitative estimate of drug-likeness (QED) is 0.767. The van der Waals surface area contributed by atoms with Crippen LogP contribution in [0.4, 0.5) is 0 Å². The van der Waals surface area contributed by atoms with E-state index in [4.69, 9.17) is 0 Å². The minimum absolute atomic E-state index is 0.0715. The average molecular weight is 266 g/mol. The average Bonchev–Trinajstić information content (AvgIpc) is 2.56. The third-order valence-corrected chi connectivity index (χ3v) is 4.96. The Bertz CT molecular complexity index is 335. The second-order valence-corrected chi connectivity index (χ2v) is 7.94. The molecule has 1 saturated heterocycles. The molecule has 0 aromatic heterocycles. The van der Waals surface area contributed by atoms with E-state index in [0.29, 0.717) is 5.78 Å². The minimum Gasteiger partial charge on any atom is -0.300 e. The molecule has 1 aliphatic carbocycles. The maximum atomic E-state index is 12.3. The van der Waals surface area contributed by atoms with E-state index < -0.39 is 0 Å². The first-order valence-corrected chi connectivity index (χ1v) is 7.72. The lowest BCUT2D eigenvalue weighted by Gasteiger charge is -2.42. The van der Waals surface area contributed by atoms with Gasteiger partial charge in [-0.2, -0.15) is 0 Å². The topological polar surface area (TPSA) is 23.6 Å². The fourth-order valence-electron chi connectivity index (χ4n) is 3.43. The first-order chi connectivity index (χ1) is 8.70. The summed E-state index contributed by atoms with van der Waals surface area (Å²) in [6, 6.07) is 0. The van der Waals surface area contributed by atoms with E-state index in [0.717, 1.165) is 45.6 Å². The maximum Gasteiger partial charge on any atom is 0.142 e. The van der Waals surface area contributed by atoms with Crippen molar-refractivity contribution in [3.8, 4) is 0 Å². The number of hydrogen-bond acceptors (Lipinski definition) is 3. The summed E-state index contributed by atoms with van der Waals surface area (Å²) >= 11 is 0. The molecule has 1 atom stereocenters. The number of nitrogens with zero attached hydrogens (tertiary/aromatic N) is 2. The molecule has 3 heteroatoms. The lowest BCUT2D eigenvalue weighted by molar-refractivity contribution is -0.128. The summed E-state index contributed by atoms with van der Waals surface area (Å²) in [4.78, 5) is 17.3. The van der Waals surface area contributed by atoms with Gasteiger partial charge in [-0.15, -0.1) is 0 Å². The van der Waals surface area contributed by atoms with Crippen molar-refractivity contribution in [2.75, 3.05) is 32.7 Å². The van der Waals surface area contributed by atoms with Crippen molar-refractivity contribution >= 4 is 5.78 Å². The zero-order valence-corrected chi connectivity index (χ0v) is 13.3. The van der Waals surface area contributed by atoms with Crippen LogP contribution in [0.2, 0.25) is 0 Å². The monoisotopic (exact) mass is 266 g/mol. The van der Waals surface area contributed by atoms with Gasteiger partial charge in [0.05, 0.1) is 0 Å². The van der Waals surface area contributed by atoms with Crippen molar-refractivity contribution in [3.05, 3.63) is 0 Å². The van der Waals surface area contributed by atoms with Gasteiger partial charge < -0.3 is 4.90 Å². The molecule has 2 rings (SSSR count). The lowest BCUT2D eigenvalue weighted by atomic mass is 9.89. The molecule has 19 heavy (non-hydrogen) atoms. The molecular formula is C16H30N2O. The molecule has 0 N–H and O–H groups in total. The number of Topliss-reactive ketones (excluding diaryl/α,β-unsaturated/α-hetero) is 1. The summed E-state index contributed by atoms with van der Waals surface area (Å²) in [6.07, 6.45) is 2.16. The Morgan fingerprint density at radius 3 is 2.16 bits per heavy atom. The van der Waals surface area contributed by atoms with E-state index in [9.17, 15) is 4.79 Å². The molecule has 1 saturated carbocycles. The highest BCUT2D eigenvalue weighted by molar-refractivity contribution is 5.88. The molecule has 0 spiro atoms. The van der Waals surface area contributed by atoms with Gasteiger partial charge in [0.15, 0.2) is 0 Å². The fourth-order valence-corrected chi connectivity index (χ4v) is 3.43. The largest absolute Gasteiger partial charge is 0.300 e. The van der Waals surface area contributed by atoms with Crippen LogP contribution in [0, 0.1) is 11.3 Å². The van der Waals surface area contributed by atoms with Crippen LogP contribution in [0.1, 0.15) is 47.5 Å². The number of piperazine rings is 1. The number of carbonyl (C=O) groups is 1. The Morgan fingerprint density at radius 2 is 1.74 bits per heavy atom. The number of ketones is 1. The third kappa shape index (κ3) is 3.38. The predicted molar refractivity (Wildman–Crippen MR) is 79.3 cm³/mol. The summed E-state index contributed by atoms with van der Waals surface area (Å²) < 4.78 is 0. The summed E-state index contributed by atoms with van der Waals surface area (Å²) in [5, 5.41) is 0. The summed E-state index contributed by atoms with van der Waals surface area (Å²) in [5.74, 6) is 0.780. The standard InChI is InChI=1S/C16H30N2O/c1-15(2,3)18-10-8-17(9-11-18)12-13-6-7-16(4,5)14(13)19/h13H,6-12H2,1-5H3. The molecule has 0 amide bonds. The summed E-state index contributed by atoms with van der Waals surface area (Å²) in [6.45, 7) is 16.5. The van der Waals surface area contributed by atoms with Crippen LogP contribution in [-0.4, -0.2) is 53.8 Å². The summed E-state index contributed by atoms with van der Waals surface area (Å²) in [5.41, 5.74) is 0.204. The van der Waals surface area contributed by atoms with Gasteiger partial charge in [-0.3, -0.25) is 9.69 Å². The maximum absolute atomic E-state index is 12.3. The van der Waals surface area contributed by atoms with Crippen LogP contribution in [0.25, 0.3) is 0 Å².